The minimum Gasteiger partial charge on any atom is -0.297 e. The van der Waals surface area contributed by atoms with Gasteiger partial charge in [-0.15, -0.1) is 11.3 Å². The maximum atomic E-state index is 5.82. The molecule has 21 heavy (non-hydrogen) atoms. The van der Waals surface area contributed by atoms with E-state index >= 15 is 0 Å². The summed E-state index contributed by atoms with van der Waals surface area (Å²) >= 11 is 1.65. The van der Waals surface area contributed by atoms with Crippen molar-refractivity contribution in [2.45, 2.75) is 31.7 Å². The van der Waals surface area contributed by atoms with Crippen LogP contribution in [0.3, 0.4) is 0 Å². The molecule has 2 heterocycles. The van der Waals surface area contributed by atoms with Gasteiger partial charge in [0.2, 0.25) is 0 Å². The molecule has 0 aliphatic heterocycles. The molecule has 3 aromatic rings. The molecule has 0 amide bonds. The van der Waals surface area contributed by atoms with Crippen LogP contribution in [0.5, 0.6) is 0 Å². The van der Waals surface area contributed by atoms with E-state index in [2.05, 4.69) is 52.2 Å². The lowest BCUT2D eigenvalue weighted by Crippen LogP contribution is -2.41. The Morgan fingerprint density at radius 1 is 1.33 bits per heavy atom. The largest absolute Gasteiger partial charge is 0.297 e. The smallest absolute Gasteiger partial charge is 0.193 e. The highest BCUT2D eigenvalue weighted by atomic mass is 32.1. The second-order valence-corrected chi connectivity index (χ2v) is 6.10. The number of nitrogens with one attached hydrogen (secondary N) is 1. The number of nitrogens with zero attached hydrogens (tertiary/aromatic N) is 2. The third kappa shape index (κ3) is 3.00. The number of thiazole rings is 1. The van der Waals surface area contributed by atoms with E-state index in [-0.39, 0.29) is 6.04 Å². The number of rotatable bonds is 6. The molecule has 0 saturated carbocycles. The van der Waals surface area contributed by atoms with E-state index < -0.39 is 0 Å². The first-order chi connectivity index (χ1) is 10.3. The summed E-state index contributed by atoms with van der Waals surface area (Å²) in [5, 5.41) is 2.05. The van der Waals surface area contributed by atoms with Gasteiger partial charge in [0, 0.05) is 36.2 Å². The van der Waals surface area contributed by atoms with Crippen LogP contribution in [0.2, 0.25) is 0 Å². The van der Waals surface area contributed by atoms with Crippen LogP contribution in [0.25, 0.3) is 4.96 Å². The van der Waals surface area contributed by atoms with Crippen molar-refractivity contribution in [3.05, 3.63) is 59.4 Å². The van der Waals surface area contributed by atoms with Gasteiger partial charge in [-0.25, -0.2) is 4.98 Å². The van der Waals surface area contributed by atoms with Crippen LogP contribution in [-0.2, 0) is 6.42 Å². The summed E-state index contributed by atoms with van der Waals surface area (Å²) in [5.41, 5.74) is 5.40. The van der Waals surface area contributed by atoms with E-state index in [0.717, 1.165) is 23.5 Å². The lowest BCUT2D eigenvalue weighted by atomic mass is 9.87. The molecule has 5 heteroatoms. The van der Waals surface area contributed by atoms with Crippen molar-refractivity contribution in [3.8, 4) is 0 Å². The van der Waals surface area contributed by atoms with Crippen molar-refractivity contribution in [1.29, 1.82) is 0 Å². The fourth-order valence-corrected chi connectivity index (χ4v) is 3.59. The fourth-order valence-electron chi connectivity index (χ4n) is 2.87. The molecule has 0 saturated heterocycles. The summed E-state index contributed by atoms with van der Waals surface area (Å²) in [6, 6.07) is 10.7. The van der Waals surface area contributed by atoms with Crippen molar-refractivity contribution in [1.82, 2.24) is 14.8 Å². The van der Waals surface area contributed by atoms with Gasteiger partial charge in [-0.2, -0.15) is 0 Å². The van der Waals surface area contributed by atoms with Crippen molar-refractivity contribution in [2.24, 2.45) is 5.84 Å². The van der Waals surface area contributed by atoms with E-state index in [4.69, 9.17) is 5.84 Å². The standard InChI is InChI=1S/C16H20N4S/c1-2-14(12-6-4-3-5-7-12)15(19-17)10-13-11-20-8-9-21-16(20)18-13/h3-9,11,14-15,19H,2,10,17H2,1H3. The molecular weight excluding hydrogens is 280 g/mol. The zero-order chi connectivity index (χ0) is 14.7. The van der Waals surface area contributed by atoms with Gasteiger partial charge in [0.25, 0.3) is 0 Å². The van der Waals surface area contributed by atoms with Crippen LogP contribution in [0.4, 0.5) is 0 Å². The highest BCUT2D eigenvalue weighted by Crippen LogP contribution is 2.25. The highest BCUT2D eigenvalue weighted by Gasteiger charge is 2.22. The Bertz CT molecular complexity index is 660. The number of hydrogen-bond donors (Lipinski definition) is 2. The molecule has 2 aromatic heterocycles. The predicted octanol–water partition coefficient (Wildman–Crippen LogP) is 2.96. The molecule has 0 spiro atoms. The molecular formula is C16H20N4S. The molecule has 2 unspecified atom stereocenters. The first kappa shape index (κ1) is 14.3. The van der Waals surface area contributed by atoms with Gasteiger partial charge in [-0.1, -0.05) is 37.3 Å². The minimum absolute atomic E-state index is 0.182. The number of hydrogen-bond acceptors (Lipinski definition) is 4. The summed E-state index contributed by atoms with van der Waals surface area (Å²) in [7, 11) is 0. The fraction of sp³-hybridized carbons (Fsp3) is 0.312. The first-order valence-electron chi connectivity index (χ1n) is 7.24. The molecule has 0 aliphatic carbocycles. The third-order valence-corrected chi connectivity index (χ3v) is 4.71. The van der Waals surface area contributed by atoms with Gasteiger partial charge in [-0.05, 0) is 12.0 Å². The van der Waals surface area contributed by atoms with Gasteiger partial charge in [0.15, 0.2) is 4.96 Å². The first-order valence-corrected chi connectivity index (χ1v) is 8.12. The van der Waals surface area contributed by atoms with Crippen LogP contribution in [-0.4, -0.2) is 15.4 Å². The molecule has 1 aromatic carbocycles. The zero-order valence-electron chi connectivity index (χ0n) is 12.1. The highest BCUT2D eigenvalue weighted by molar-refractivity contribution is 7.15. The average Bonchev–Trinajstić information content (AvgIpc) is 3.09. The van der Waals surface area contributed by atoms with Crippen molar-refractivity contribution in [2.75, 3.05) is 0 Å². The van der Waals surface area contributed by atoms with Gasteiger partial charge in [0.05, 0.1) is 5.69 Å². The van der Waals surface area contributed by atoms with Crippen LogP contribution in [0.1, 0.15) is 30.5 Å². The van der Waals surface area contributed by atoms with Gasteiger partial charge in [0.1, 0.15) is 0 Å². The Hall–Kier alpha value is -1.69. The Kier molecular flexibility index (Phi) is 4.34. The van der Waals surface area contributed by atoms with Crippen molar-refractivity contribution >= 4 is 16.3 Å². The SMILES string of the molecule is CCC(c1ccccc1)C(Cc1cn2ccsc2n1)NN. The van der Waals surface area contributed by atoms with E-state index in [1.54, 1.807) is 11.3 Å². The van der Waals surface area contributed by atoms with Gasteiger partial charge >= 0.3 is 0 Å². The number of aromatic nitrogens is 2. The Labute approximate surface area is 128 Å². The molecule has 3 N–H and O–H groups in total. The lowest BCUT2D eigenvalue weighted by molar-refractivity contribution is 0.425. The quantitative estimate of drug-likeness (QED) is 0.543. The minimum atomic E-state index is 0.182. The van der Waals surface area contributed by atoms with E-state index in [0.29, 0.717) is 5.92 Å². The molecule has 0 bridgehead atoms. The second kappa shape index (κ2) is 6.39. The number of nitrogens with two attached hydrogens (primary N) is 1. The van der Waals surface area contributed by atoms with Crippen LogP contribution in [0, 0.1) is 0 Å². The summed E-state index contributed by atoms with van der Waals surface area (Å²) in [4.78, 5) is 5.69. The summed E-state index contributed by atoms with van der Waals surface area (Å²) < 4.78 is 2.07. The zero-order valence-corrected chi connectivity index (χ0v) is 12.9. The van der Waals surface area contributed by atoms with Gasteiger partial charge in [-0.3, -0.25) is 15.7 Å². The topological polar surface area (TPSA) is 55.3 Å². The number of fused-ring (bicyclic) bond motifs is 1. The Morgan fingerprint density at radius 2 is 2.14 bits per heavy atom. The summed E-state index contributed by atoms with van der Waals surface area (Å²) in [6.45, 7) is 2.20. The third-order valence-electron chi connectivity index (χ3n) is 3.94. The lowest BCUT2D eigenvalue weighted by Gasteiger charge is -2.25. The molecule has 2 atom stereocenters. The Morgan fingerprint density at radius 3 is 2.81 bits per heavy atom. The Balaban J connectivity index is 1.81. The molecule has 3 rings (SSSR count). The molecule has 0 aliphatic rings. The number of benzene rings is 1. The average molecular weight is 300 g/mol. The summed E-state index contributed by atoms with van der Waals surface area (Å²) in [6.07, 6.45) is 6.00. The van der Waals surface area contributed by atoms with Crippen LogP contribution >= 0.6 is 11.3 Å². The summed E-state index contributed by atoms with van der Waals surface area (Å²) in [5.74, 6) is 6.21. The maximum absolute atomic E-state index is 5.82. The second-order valence-electron chi connectivity index (χ2n) is 5.23. The van der Waals surface area contributed by atoms with Gasteiger partial charge < -0.3 is 0 Å². The van der Waals surface area contributed by atoms with Crippen molar-refractivity contribution in [3.63, 3.8) is 0 Å². The monoisotopic (exact) mass is 300 g/mol. The van der Waals surface area contributed by atoms with E-state index in [1.165, 1.54) is 5.56 Å². The van der Waals surface area contributed by atoms with Crippen LogP contribution < -0.4 is 11.3 Å². The predicted molar refractivity (Wildman–Crippen MR) is 87.4 cm³/mol. The van der Waals surface area contributed by atoms with E-state index in [1.807, 2.05) is 17.6 Å². The number of hydrazine groups is 1. The van der Waals surface area contributed by atoms with Crippen LogP contribution in [0.15, 0.2) is 48.1 Å². The normalized spacial score (nSPS) is 14.4. The molecule has 110 valence electrons. The van der Waals surface area contributed by atoms with Crippen molar-refractivity contribution < 1.29 is 0 Å². The molecule has 4 nitrogen and oxygen atoms in total. The van der Waals surface area contributed by atoms with E-state index in [9.17, 15) is 0 Å². The molecule has 0 fully saturated rings. The maximum Gasteiger partial charge on any atom is 0.193 e. The molecule has 0 radical (unpaired) electrons. The number of imidazole rings is 1.